The van der Waals surface area contributed by atoms with Crippen molar-refractivity contribution in [3.63, 3.8) is 0 Å². The van der Waals surface area contributed by atoms with Crippen LogP contribution in [-0.4, -0.2) is 70.0 Å². The number of sulfonamides is 1. The Morgan fingerprint density at radius 1 is 1.08 bits per heavy atom. The Kier molecular flexibility index (Phi) is 8.11. The summed E-state index contributed by atoms with van der Waals surface area (Å²) < 4.78 is 33.2. The van der Waals surface area contributed by atoms with Crippen molar-refractivity contribution in [2.75, 3.05) is 46.5 Å². The molecule has 7 nitrogen and oxygen atoms in total. The van der Waals surface area contributed by atoms with Crippen molar-refractivity contribution in [1.82, 2.24) is 9.62 Å². The number of ether oxygens (including phenoxy) is 1. The number of nitrogens with one attached hydrogen (secondary N) is 1. The van der Waals surface area contributed by atoms with E-state index in [0.29, 0.717) is 36.5 Å². The van der Waals surface area contributed by atoms with Crippen molar-refractivity contribution in [3.05, 3.63) is 22.8 Å². The van der Waals surface area contributed by atoms with Crippen LogP contribution in [0.15, 0.2) is 11.0 Å². The van der Waals surface area contributed by atoms with Gasteiger partial charge in [-0.15, -0.1) is 0 Å². The lowest BCUT2D eigenvalue weighted by atomic mass is 10.1. The highest BCUT2D eigenvalue weighted by molar-refractivity contribution is 7.89. The number of methoxy groups -OCH3 is 1. The molecule has 1 rings (SSSR count). The smallest absolute Gasteiger partial charge is 0.241 e. The molecule has 1 aromatic rings. The maximum absolute atomic E-state index is 12.7. The zero-order valence-corrected chi connectivity index (χ0v) is 15.6. The molecule has 1 aromatic carbocycles. The minimum Gasteiger partial charge on any atom is -0.496 e. The van der Waals surface area contributed by atoms with E-state index in [0.717, 1.165) is 5.56 Å². The average molecular weight is 360 g/mol. The molecule has 0 aliphatic carbocycles. The Morgan fingerprint density at radius 3 is 2.17 bits per heavy atom. The first kappa shape index (κ1) is 20.9. The molecule has 0 heterocycles. The van der Waals surface area contributed by atoms with Gasteiger partial charge in [0.1, 0.15) is 5.75 Å². The summed E-state index contributed by atoms with van der Waals surface area (Å²) in [5.74, 6) is 0.668. The monoisotopic (exact) mass is 360 g/mol. The third-order valence-electron chi connectivity index (χ3n) is 4.02. The lowest BCUT2D eigenvalue weighted by Gasteiger charge is -2.21. The first-order chi connectivity index (χ1) is 11.3. The quantitative estimate of drug-likeness (QED) is 0.551. The molecule has 0 aromatic heterocycles. The summed E-state index contributed by atoms with van der Waals surface area (Å²) in [7, 11) is -2.09. The van der Waals surface area contributed by atoms with Crippen LogP contribution in [-0.2, 0) is 10.0 Å². The number of aryl methyl sites for hydroxylation is 1. The lowest BCUT2D eigenvalue weighted by molar-refractivity contribution is 0.163. The van der Waals surface area contributed by atoms with E-state index < -0.39 is 10.0 Å². The van der Waals surface area contributed by atoms with Crippen LogP contribution in [0.4, 0.5) is 0 Å². The molecule has 0 saturated heterocycles. The van der Waals surface area contributed by atoms with Gasteiger partial charge in [0, 0.05) is 26.2 Å². The summed E-state index contributed by atoms with van der Waals surface area (Å²) in [5, 5.41) is 18.0. The number of nitrogens with zero attached hydrogens (tertiary/aromatic N) is 1. The maximum Gasteiger partial charge on any atom is 0.241 e. The van der Waals surface area contributed by atoms with E-state index in [1.54, 1.807) is 31.9 Å². The van der Waals surface area contributed by atoms with Gasteiger partial charge < -0.3 is 14.9 Å². The van der Waals surface area contributed by atoms with Crippen molar-refractivity contribution in [1.29, 1.82) is 0 Å². The number of aliphatic hydroxyl groups is 2. The minimum absolute atomic E-state index is 0.0390. The summed E-state index contributed by atoms with van der Waals surface area (Å²) in [4.78, 5) is 2.07. The highest BCUT2D eigenvalue weighted by Crippen LogP contribution is 2.30. The summed E-state index contributed by atoms with van der Waals surface area (Å²) >= 11 is 0. The molecule has 0 aliphatic heterocycles. The Bertz CT molecular complexity index is 640. The molecule has 0 radical (unpaired) electrons. The molecule has 8 heteroatoms. The van der Waals surface area contributed by atoms with Gasteiger partial charge >= 0.3 is 0 Å². The fourth-order valence-electron chi connectivity index (χ4n) is 2.68. The molecule has 0 bridgehead atoms. The number of hydrogen-bond acceptors (Lipinski definition) is 6. The van der Waals surface area contributed by atoms with E-state index in [-0.39, 0.29) is 24.7 Å². The van der Waals surface area contributed by atoms with Crippen molar-refractivity contribution in [2.45, 2.75) is 25.7 Å². The van der Waals surface area contributed by atoms with Gasteiger partial charge in [-0.1, -0.05) is 0 Å². The molecule has 3 N–H and O–H groups in total. The van der Waals surface area contributed by atoms with E-state index in [4.69, 9.17) is 14.9 Å². The molecule has 0 fully saturated rings. The van der Waals surface area contributed by atoms with Gasteiger partial charge in [0.25, 0.3) is 0 Å². The van der Waals surface area contributed by atoms with Gasteiger partial charge in [0.05, 0.1) is 25.2 Å². The van der Waals surface area contributed by atoms with Crippen molar-refractivity contribution < 1.29 is 23.4 Å². The fourth-order valence-corrected chi connectivity index (χ4v) is 4.22. The van der Waals surface area contributed by atoms with Crippen LogP contribution < -0.4 is 9.46 Å². The third kappa shape index (κ3) is 5.15. The lowest BCUT2D eigenvalue weighted by Crippen LogP contribution is -2.38. The molecule has 0 unspecified atom stereocenters. The largest absolute Gasteiger partial charge is 0.496 e. The van der Waals surface area contributed by atoms with E-state index in [2.05, 4.69) is 4.72 Å². The van der Waals surface area contributed by atoms with Crippen molar-refractivity contribution >= 4 is 10.0 Å². The second-order valence-electron chi connectivity index (χ2n) is 5.66. The molecule has 0 spiro atoms. The molecule has 0 amide bonds. The van der Waals surface area contributed by atoms with Gasteiger partial charge in [-0.3, -0.25) is 4.90 Å². The summed E-state index contributed by atoms with van der Waals surface area (Å²) in [5.41, 5.74) is 2.10. The SMILES string of the molecule is COc1cc(C)c(S(=O)(=O)NCCN(CCO)CCO)c(C)c1C. The molecule has 0 saturated carbocycles. The van der Waals surface area contributed by atoms with Gasteiger partial charge in [0.15, 0.2) is 0 Å². The van der Waals surface area contributed by atoms with Gasteiger partial charge in [-0.2, -0.15) is 0 Å². The first-order valence-corrected chi connectivity index (χ1v) is 9.35. The summed E-state index contributed by atoms with van der Waals surface area (Å²) in [6, 6.07) is 1.72. The van der Waals surface area contributed by atoms with E-state index in [9.17, 15) is 8.42 Å². The zero-order valence-electron chi connectivity index (χ0n) is 14.8. The molecular weight excluding hydrogens is 332 g/mol. The van der Waals surface area contributed by atoms with Crippen LogP contribution in [0.5, 0.6) is 5.75 Å². The standard InChI is InChI=1S/C16H28N2O5S/c1-12-11-15(23-4)13(2)14(3)16(12)24(21,22)17-5-6-18(7-9-19)8-10-20/h11,17,19-20H,5-10H2,1-4H3. The van der Waals surface area contributed by atoms with Crippen LogP contribution in [0.1, 0.15) is 16.7 Å². The molecule has 138 valence electrons. The van der Waals surface area contributed by atoms with Crippen LogP contribution in [0.3, 0.4) is 0 Å². The Hall–Kier alpha value is -1.19. The normalized spacial score (nSPS) is 12.0. The number of hydrogen-bond donors (Lipinski definition) is 3. The molecular formula is C16H28N2O5S. The highest BCUT2D eigenvalue weighted by Gasteiger charge is 2.22. The predicted molar refractivity (Wildman–Crippen MR) is 93.0 cm³/mol. The second kappa shape index (κ2) is 9.33. The van der Waals surface area contributed by atoms with Crippen LogP contribution >= 0.6 is 0 Å². The van der Waals surface area contributed by atoms with Crippen LogP contribution in [0.2, 0.25) is 0 Å². The van der Waals surface area contributed by atoms with E-state index in [1.165, 1.54) is 0 Å². The number of rotatable bonds is 10. The average Bonchev–Trinajstić information content (AvgIpc) is 2.51. The predicted octanol–water partition coefficient (Wildman–Crippen LogP) is 0.185. The summed E-state index contributed by atoms with van der Waals surface area (Å²) in [6.07, 6.45) is 0. The van der Waals surface area contributed by atoms with Gasteiger partial charge in [0.2, 0.25) is 10.0 Å². The topological polar surface area (TPSA) is 99.1 Å². The Morgan fingerprint density at radius 2 is 1.67 bits per heavy atom. The Balaban J connectivity index is 2.91. The van der Waals surface area contributed by atoms with E-state index >= 15 is 0 Å². The maximum atomic E-state index is 12.7. The Labute approximate surface area is 144 Å². The van der Waals surface area contributed by atoms with Crippen molar-refractivity contribution in [2.24, 2.45) is 0 Å². The van der Waals surface area contributed by atoms with E-state index in [1.807, 2.05) is 6.92 Å². The number of benzene rings is 1. The van der Waals surface area contributed by atoms with Crippen LogP contribution in [0, 0.1) is 20.8 Å². The first-order valence-electron chi connectivity index (χ1n) is 7.87. The second-order valence-corrected chi connectivity index (χ2v) is 7.37. The zero-order chi connectivity index (χ0) is 18.3. The van der Waals surface area contributed by atoms with Gasteiger partial charge in [-0.25, -0.2) is 13.1 Å². The highest BCUT2D eigenvalue weighted by atomic mass is 32.2. The molecule has 24 heavy (non-hydrogen) atoms. The fraction of sp³-hybridized carbons (Fsp3) is 0.625. The van der Waals surface area contributed by atoms with Crippen LogP contribution in [0.25, 0.3) is 0 Å². The molecule has 0 aliphatic rings. The van der Waals surface area contributed by atoms with Gasteiger partial charge in [-0.05, 0) is 43.5 Å². The number of aliphatic hydroxyl groups excluding tert-OH is 2. The third-order valence-corrected chi connectivity index (χ3v) is 5.77. The molecule has 0 atom stereocenters. The van der Waals surface area contributed by atoms with Crippen molar-refractivity contribution in [3.8, 4) is 5.75 Å². The minimum atomic E-state index is -3.65. The summed E-state index contributed by atoms with van der Waals surface area (Å²) in [6.45, 7) is 6.66.